The van der Waals surface area contributed by atoms with Gasteiger partial charge in [0.25, 0.3) is 0 Å². The van der Waals surface area contributed by atoms with Crippen molar-refractivity contribution in [2.45, 2.75) is 13.2 Å². The molecule has 0 aliphatic heterocycles. The number of aliphatic hydroxyl groups is 1. The van der Waals surface area contributed by atoms with Crippen molar-refractivity contribution in [1.82, 2.24) is 0 Å². The van der Waals surface area contributed by atoms with E-state index in [4.69, 9.17) is 9.84 Å². The lowest BCUT2D eigenvalue weighted by molar-refractivity contribution is -0.0703. The fraction of sp³-hybridized carbons (Fsp3) is 0.714. The standard InChI is InChI=1S/C7H14O2S/c1-3-5-9-7(8)6-10-4-2/h3,7-8H,1,4-6H2,2H3. The predicted molar refractivity (Wildman–Crippen MR) is 45.2 cm³/mol. The highest BCUT2D eigenvalue weighted by molar-refractivity contribution is 7.99. The summed E-state index contributed by atoms with van der Waals surface area (Å²) in [5.74, 6) is 1.65. The molecule has 0 radical (unpaired) electrons. The van der Waals surface area contributed by atoms with Crippen molar-refractivity contribution in [3.05, 3.63) is 12.7 Å². The normalized spacial score (nSPS) is 13.0. The van der Waals surface area contributed by atoms with E-state index in [1.165, 1.54) is 0 Å². The summed E-state index contributed by atoms with van der Waals surface area (Å²) >= 11 is 1.66. The van der Waals surface area contributed by atoms with Gasteiger partial charge < -0.3 is 9.84 Å². The molecule has 0 heterocycles. The van der Waals surface area contributed by atoms with Crippen LogP contribution in [0.1, 0.15) is 6.92 Å². The minimum absolute atomic E-state index is 0.422. The van der Waals surface area contributed by atoms with Crippen LogP contribution in [0.5, 0.6) is 0 Å². The van der Waals surface area contributed by atoms with E-state index < -0.39 is 6.29 Å². The molecular formula is C7H14O2S. The lowest BCUT2D eigenvalue weighted by atomic mass is 10.7. The Labute approximate surface area is 66.3 Å². The third-order valence-corrected chi connectivity index (χ3v) is 1.80. The molecule has 10 heavy (non-hydrogen) atoms. The van der Waals surface area contributed by atoms with Crippen LogP contribution in [0.25, 0.3) is 0 Å². The topological polar surface area (TPSA) is 29.5 Å². The van der Waals surface area contributed by atoms with Gasteiger partial charge in [-0.15, -0.1) is 6.58 Å². The molecule has 0 aromatic carbocycles. The van der Waals surface area contributed by atoms with E-state index in [9.17, 15) is 0 Å². The van der Waals surface area contributed by atoms with Gasteiger partial charge in [0, 0.05) is 5.75 Å². The van der Waals surface area contributed by atoms with Gasteiger partial charge in [0.05, 0.1) is 6.61 Å². The van der Waals surface area contributed by atoms with Crippen molar-refractivity contribution in [3.8, 4) is 0 Å². The Kier molecular flexibility index (Phi) is 7.13. The summed E-state index contributed by atoms with van der Waals surface area (Å²) in [5, 5.41) is 9.02. The first kappa shape index (κ1) is 10.0. The number of aliphatic hydroxyl groups excluding tert-OH is 1. The molecular weight excluding hydrogens is 148 g/mol. The van der Waals surface area contributed by atoms with Crippen molar-refractivity contribution in [3.63, 3.8) is 0 Å². The molecule has 0 aliphatic rings. The maximum absolute atomic E-state index is 9.02. The Balaban J connectivity index is 3.07. The Bertz CT molecular complexity index is 85.7. The maximum Gasteiger partial charge on any atom is 0.164 e. The molecule has 0 aliphatic carbocycles. The lowest BCUT2D eigenvalue weighted by Gasteiger charge is -2.08. The second kappa shape index (κ2) is 7.12. The molecule has 0 spiro atoms. The van der Waals surface area contributed by atoms with Crippen LogP contribution in [-0.4, -0.2) is 29.5 Å². The Hall–Kier alpha value is 0.0100. The largest absolute Gasteiger partial charge is 0.367 e. The number of ether oxygens (including phenoxy) is 1. The maximum atomic E-state index is 9.02. The molecule has 0 bridgehead atoms. The zero-order valence-electron chi connectivity index (χ0n) is 6.25. The highest BCUT2D eigenvalue weighted by atomic mass is 32.2. The van der Waals surface area contributed by atoms with Crippen LogP contribution < -0.4 is 0 Å². The third-order valence-electron chi connectivity index (χ3n) is 0.871. The summed E-state index contributed by atoms with van der Waals surface area (Å²) in [6, 6.07) is 0. The van der Waals surface area contributed by atoms with Gasteiger partial charge in [0.2, 0.25) is 0 Å². The molecule has 2 nitrogen and oxygen atoms in total. The molecule has 0 fully saturated rings. The zero-order valence-corrected chi connectivity index (χ0v) is 7.06. The third kappa shape index (κ3) is 6.13. The van der Waals surface area contributed by atoms with E-state index >= 15 is 0 Å². The fourth-order valence-electron chi connectivity index (χ4n) is 0.446. The van der Waals surface area contributed by atoms with Gasteiger partial charge in [-0.25, -0.2) is 0 Å². The van der Waals surface area contributed by atoms with Gasteiger partial charge >= 0.3 is 0 Å². The fourth-order valence-corrected chi connectivity index (χ4v) is 0.979. The van der Waals surface area contributed by atoms with E-state index in [2.05, 4.69) is 6.58 Å². The van der Waals surface area contributed by atoms with Gasteiger partial charge in [0.1, 0.15) is 0 Å². The summed E-state index contributed by atoms with van der Waals surface area (Å²) < 4.78 is 4.91. The number of rotatable bonds is 6. The first-order valence-electron chi connectivity index (χ1n) is 3.29. The predicted octanol–water partition coefficient (Wildman–Crippen LogP) is 1.26. The summed E-state index contributed by atoms with van der Waals surface area (Å²) in [6.45, 7) is 5.94. The van der Waals surface area contributed by atoms with Gasteiger partial charge in [-0.2, -0.15) is 11.8 Å². The molecule has 0 saturated heterocycles. The molecule has 1 atom stereocenters. The number of hydrogen-bond acceptors (Lipinski definition) is 3. The van der Waals surface area contributed by atoms with E-state index in [1.807, 2.05) is 6.92 Å². The second-order valence-corrected chi connectivity index (χ2v) is 3.06. The van der Waals surface area contributed by atoms with E-state index in [0.29, 0.717) is 12.4 Å². The van der Waals surface area contributed by atoms with Gasteiger partial charge in [-0.1, -0.05) is 13.0 Å². The van der Waals surface area contributed by atoms with Gasteiger partial charge in [0.15, 0.2) is 6.29 Å². The minimum Gasteiger partial charge on any atom is -0.367 e. The van der Waals surface area contributed by atoms with Crippen LogP contribution in [0.2, 0.25) is 0 Å². The lowest BCUT2D eigenvalue weighted by Crippen LogP contribution is -2.14. The van der Waals surface area contributed by atoms with Crippen molar-refractivity contribution in [2.24, 2.45) is 0 Å². The Morgan fingerprint density at radius 1 is 1.80 bits per heavy atom. The van der Waals surface area contributed by atoms with E-state index in [1.54, 1.807) is 17.8 Å². The first-order valence-corrected chi connectivity index (χ1v) is 4.45. The van der Waals surface area contributed by atoms with Crippen LogP contribution >= 0.6 is 11.8 Å². The van der Waals surface area contributed by atoms with Crippen molar-refractivity contribution >= 4 is 11.8 Å². The van der Waals surface area contributed by atoms with Crippen molar-refractivity contribution in [1.29, 1.82) is 0 Å². The number of thioether (sulfide) groups is 1. The van der Waals surface area contributed by atoms with Crippen LogP contribution in [-0.2, 0) is 4.74 Å². The molecule has 1 N–H and O–H groups in total. The van der Waals surface area contributed by atoms with Gasteiger partial charge in [-0.3, -0.25) is 0 Å². The summed E-state index contributed by atoms with van der Waals surface area (Å²) in [6.07, 6.45) is 0.989. The Morgan fingerprint density at radius 2 is 2.50 bits per heavy atom. The summed E-state index contributed by atoms with van der Waals surface area (Å²) in [7, 11) is 0. The minimum atomic E-state index is -0.636. The first-order chi connectivity index (χ1) is 4.81. The zero-order chi connectivity index (χ0) is 7.82. The molecule has 0 amide bonds. The van der Waals surface area contributed by atoms with Crippen molar-refractivity contribution in [2.75, 3.05) is 18.1 Å². The van der Waals surface area contributed by atoms with Gasteiger partial charge in [-0.05, 0) is 5.75 Å². The molecule has 0 aromatic rings. The van der Waals surface area contributed by atoms with Crippen LogP contribution in [0.4, 0.5) is 0 Å². The quantitative estimate of drug-likeness (QED) is 0.471. The summed E-state index contributed by atoms with van der Waals surface area (Å²) in [5.41, 5.74) is 0. The van der Waals surface area contributed by atoms with Crippen LogP contribution in [0.3, 0.4) is 0 Å². The molecule has 0 aromatic heterocycles. The molecule has 60 valence electrons. The highest BCUT2D eigenvalue weighted by Gasteiger charge is 2.00. The average Bonchev–Trinajstić information content (AvgIpc) is 1.97. The Morgan fingerprint density at radius 3 is 3.00 bits per heavy atom. The average molecular weight is 162 g/mol. The monoisotopic (exact) mass is 162 g/mol. The molecule has 0 rings (SSSR count). The van der Waals surface area contributed by atoms with Crippen LogP contribution in [0, 0.1) is 0 Å². The SMILES string of the molecule is C=CCOC(O)CSCC. The number of hydrogen-bond donors (Lipinski definition) is 1. The van der Waals surface area contributed by atoms with Crippen LogP contribution in [0.15, 0.2) is 12.7 Å². The molecule has 3 heteroatoms. The smallest absolute Gasteiger partial charge is 0.164 e. The van der Waals surface area contributed by atoms with E-state index in [0.717, 1.165) is 5.75 Å². The molecule has 1 unspecified atom stereocenters. The van der Waals surface area contributed by atoms with Crippen molar-refractivity contribution < 1.29 is 9.84 Å². The second-order valence-electron chi connectivity index (χ2n) is 1.74. The van der Waals surface area contributed by atoms with E-state index in [-0.39, 0.29) is 0 Å². The summed E-state index contributed by atoms with van der Waals surface area (Å²) in [4.78, 5) is 0. The highest BCUT2D eigenvalue weighted by Crippen LogP contribution is 2.02. The molecule has 0 saturated carbocycles.